The van der Waals surface area contributed by atoms with Crippen LogP contribution in [0.3, 0.4) is 0 Å². The zero-order valence-electron chi connectivity index (χ0n) is 18.5. The molecule has 31 heavy (non-hydrogen) atoms. The number of ether oxygens (including phenoxy) is 1. The minimum atomic E-state index is 0.0574. The quantitative estimate of drug-likeness (QED) is 0.727. The molecule has 0 radical (unpaired) electrons. The number of carbonyl (C=O) groups is 2. The van der Waals surface area contributed by atoms with Crippen molar-refractivity contribution in [3.05, 3.63) is 65.2 Å². The van der Waals surface area contributed by atoms with E-state index in [1.807, 2.05) is 52.3 Å². The van der Waals surface area contributed by atoms with Crippen LogP contribution in [-0.4, -0.2) is 54.9 Å². The van der Waals surface area contributed by atoms with Crippen LogP contribution in [-0.2, 0) is 0 Å². The first-order valence-electron chi connectivity index (χ1n) is 11.4. The van der Waals surface area contributed by atoms with Gasteiger partial charge >= 0.3 is 0 Å². The van der Waals surface area contributed by atoms with Gasteiger partial charge in [0.2, 0.25) is 0 Å². The van der Waals surface area contributed by atoms with Crippen LogP contribution >= 0.6 is 0 Å². The van der Waals surface area contributed by atoms with Crippen molar-refractivity contribution in [2.75, 3.05) is 33.3 Å². The predicted molar refractivity (Wildman–Crippen MR) is 122 cm³/mol. The number of amides is 2. The van der Waals surface area contributed by atoms with Crippen LogP contribution in [0.1, 0.15) is 64.8 Å². The van der Waals surface area contributed by atoms with Gasteiger partial charge in [-0.05, 0) is 73.6 Å². The minimum Gasteiger partial charge on any atom is -0.497 e. The fraction of sp³-hybridized carbons (Fsp3) is 0.462. The van der Waals surface area contributed by atoms with Gasteiger partial charge in [0.15, 0.2) is 0 Å². The Labute approximate surface area is 185 Å². The van der Waals surface area contributed by atoms with E-state index in [-0.39, 0.29) is 17.7 Å². The number of hydrogen-bond acceptors (Lipinski definition) is 3. The highest BCUT2D eigenvalue weighted by Gasteiger charge is 2.27. The van der Waals surface area contributed by atoms with Crippen LogP contribution in [0.15, 0.2) is 48.5 Å². The Hall–Kier alpha value is -2.82. The van der Waals surface area contributed by atoms with Crippen LogP contribution in [0.5, 0.6) is 5.75 Å². The average molecular weight is 421 g/mol. The molecule has 1 unspecified atom stereocenters. The molecule has 5 nitrogen and oxygen atoms in total. The molecule has 0 aromatic heterocycles. The molecule has 5 heteroatoms. The van der Waals surface area contributed by atoms with Crippen LogP contribution in [0, 0.1) is 5.92 Å². The van der Waals surface area contributed by atoms with E-state index in [0.717, 1.165) is 62.2 Å². The Kier molecular flexibility index (Phi) is 6.59. The zero-order valence-corrected chi connectivity index (χ0v) is 18.5. The Bertz CT molecular complexity index is 917. The second-order valence-corrected chi connectivity index (χ2v) is 8.92. The summed E-state index contributed by atoms with van der Waals surface area (Å²) in [5, 5.41) is 0. The average Bonchev–Trinajstić information content (AvgIpc) is 2.84. The number of carbonyl (C=O) groups excluding carboxylic acids is 2. The van der Waals surface area contributed by atoms with Crippen molar-refractivity contribution < 1.29 is 14.3 Å². The number of hydrogen-bond donors (Lipinski definition) is 0. The fourth-order valence-corrected chi connectivity index (χ4v) is 4.67. The van der Waals surface area contributed by atoms with Gasteiger partial charge in [0.05, 0.1) is 7.11 Å². The first-order valence-corrected chi connectivity index (χ1v) is 11.4. The SMILES string of the molecule is COc1ccc(C(=O)N2CCCC(c3cccc(C(=O)N4CCC(C)CC4)c3)C2)cc1. The molecule has 0 N–H and O–H groups in total. The van der Waals surface area contributed by atoms with Crippen molar-refractivity contribution in [1.82, 2.24) is 9.80 Å². The van der Waals surface area contributed by atoms with Gasteiger partial charge in [0.1, 0.15) is 5.75 Å². The maximum absolute atomic E-state index is 13.0. The fourth-order valence-electron chi connectivity index (χ4n) is 4.67. The number of rotatable bonds is 4. The lowest BCUT2D eigenvalue weighted by Crippen LogP contribution is -2.39. The van der Waals surface area contributed by atoms with Gasteiger partial charge in [-0.1, -0.05) is 19.1 Å². The summed E-state index contributed by atoms with van der Waals surface area (Å²) in [6.45, 7) is 5.40. The van der Waals surface area contributed by atoms with Crippen molar-refractivity contribution >= 4 is 11.8 Å². The molecule has 0 bridgehead atoms. The van der Waals surface area contributed by atoms with Gasteiger partial charge in [0, 0.05) is 43.2 Å². The standard InChI is InChI=1S/C26H32N2O3/c1-19-12-15-27(16-13-19)26(30)22-6-3-5-21(17-22)23-7-4-14-28(18-23)25(29)20-8-10-24(31-2)11-9-20/h3,5-6,8-11,17,19,23H,4,7,12-16,18H2,1-2H3. The summed E-state index contributed by atoms with van der Waals surface area (Å²) in [6.07, 6.45) is 4.16. The number of nitrogens with zero attached hydrogens (tertiary/aromatic N) is 2. The number of piperidine rings is 2. The first kappa shape index (κ1) is 21.4. The van der Waals surface area contributed by atoms with Gasteiger partial charge in [-0.3, -0.25) is 9.59 Å². The second-order valence-electron chi connectivity index (χ2n) is 8.92. The summed E-state index contributed by atoms with van der Waals surface area (Å²) in [4.78, 5) is 29.9. The topological polar surface area (TPSA) is 49.9 Å². The molecule has 2 heterocycles. The Morgan fingerprint density at radius 1 is 0.871 bits per heavy atom. The molecule has 4 rings (SSSR count). The molecule has 2 fully saturated rings. The highest BCUT2D eigenvalue weighted by Crippen LogP contribution is 2.29. The van der Waals surface area contributed by atoms with Crippen LogP contribution in [0.25, 0.3) is 0 Å². The van der Waals surface area contributed by atoms with Crippen LogP contribution in [0.4, 0.5) is 0 Å². The summed E-state index contributed by atoms with van der Waals surface area (Å²) in [6, 6.07) is 15.4. The van der Waals surface area contributed by atoms with E-state index in [1.54, 1.807) is 7.11 Å². The van der Waals surface area contributed by atoms with Gasteiger partial charge in [-0.25, -0.2) is 0 Å². The Balaban J connectivity index is 1.45. The van der Waals surface area contributed by atoms with Gasteiger partial charge in [-0.15, -0.1) is 0 Å². The minimum absolute atomic E-state index is 0.0574. The van der Waals surface area contributed by atoms with E-state index in [2.05, 4.69) is 13.0 Å². The summed E-state index contributed by atoms with van der Waals surface area (Å²) < 4.78 is 5.19. The molecule has 2 amide bonds. The van der Waals surface area contributed by atoms with Crippen molar-refractivity contribution in [3.8, 4) is 5.75 Å². The third kappa shape index (κ3) is 4.92. The van der Waals surface area contributed by atoms with Crippen molar-refractivity contribution in [2.45, 2.75) is 38.5 Å². The number of methoxy groups -OCH3 is 1. The Morgan fingerprint density at radius 3 is 2.29 bits per heavy atom. The largest absolute Gasteiger partial charge is 0.497 e. The number of likely N-dealkylation sites (tertiary alicyclic amines) is 2. The molecule has 0 aliphatic carbocycles. The number of benzene rings is 2. The summed E-state index contributed by atoms with van der Waals surface area (Å²) in [5.41, 5.74) is 2.61. The van der Waals surface area contributed by atoms with Crippen molar-refractivity contribution in [2.24, 2.45) is 5.92 Å². The molecular weight excluding hydrogens is 388 g/mol. The van der Waals surface area contributed by atoms with E-state index < -0.39 is 0 Å². The summed E-state index contributed by atoms with van der Waals surface area (Å²) in [7, 11) is 1.62. The van der Waals surface area contributed by atoms with Gasteiger partial charge in [0.25, 0.3) is 11.8 Å². The van der Waals surface area contributed by atoms with Crippen LogP contribution in [0.2, 0.25) is 0 Å². The van der Waals surface area contributed by atoms with Gasteiger partial charge in [-0.2, -0.15) is 0 Å². The highest BCUT2D eigenvalue weighted by molar-refractivity contribution is 5.95. The van der Waals surface area contributed by atoms with E-state index in [0.29, 0.717) is 18.0 Å². The molecule has 1 atom stereocenters. The molecule has 2 aromatic carbocycles. The second kappa shape index (κ2) is 9.54. The molecule has 0 saturated carbocycles. The normalized spacial score (nSPS) is 19.9. The van der Waals surface area contributed by atoms with E-state index in [1.165, 1.54) is 0 Å². The highest BCUT2D eigenvalue weighted by atomic mass is 16.5. The van der Waals surface area contributed by atoms with E-state index >= 15 is 0 Å². The lowest BCUT2D eigenvalue weighted by atomic mass is 9.89. The molecule has 0 spiro atoms. The molecule has 2 saturated heterocycles. The third-order valence-electron chi connectivity index (χ3n) is 6.72. The van der Waals surface area contributed by atoms with Crippen LogP contribution < -0.4 is 4.74 Å². The molecule has 2 aliphatic rings. The van der Waals surface area contributed by atoms with Crippen molar-refractivity contribution in [1.29, 1.82) is 0 Å². The molecule has 2 aliphatic heterocycles. The Morgan fingerprint density at radius 2 is 1.58 bits per heavy atom. The lowest BCUT2D eigenvalue weighted by molar-refractivity contribution is 0.0689. The maximum Gasteiger partial charge on any atom is 0.253 e. The predicted octanol–water partition coefficient (Wildman–Crippen LogP) is 4.59. The summed E-state index contributed by atoms with van der Waals surface area (Å²) >= 11 is 0. The smallest absolute Gasteiger partial charge is 0.253 e. The van der Waals surface area contributed by atoms with Gasteiger partial charge < -0.3 is 14.5 Å². The third-order valence-corrected chi connectivity index (χ3v) is 6.72. The van der Waals surface area contributed by atoms with Crippen molar-refractivity contribution in [3.63, 3.8) is 0 Å². The molecule has 2 aromatic rings. The first-order chi connectivity index (χ1) is 15.0. The molecule has 164 valence electrons. The van der Waals surface area contributed by atoms with E-state index in [4.69, 9.17) is 4.74 Å². The van der Waals surface area contributed by atoms with E-state index in [9.17, 15) is 9.59 Å². The lowest BCUT2D eigenvalue weighted by Gasteiger charge is -2.33. The molecular formula is C26H32N2O3. The summed E-state index contributed by atoms with van der Waals surface area (Å²) in [5.74, 6) is 1.90. The monoisotopic (exact) mass is 420 g/mol. The maximum atomic E-state index is 13.0. The zero-order chi connectivity index (χ0) is 21.8.